The monoisotopic (exact) mass is 407 g/mol. The van der Waals surface area contributed by atoms with Crippen molar-refractivity contribution >= 4 is 34.2 Å². The van der Waals surface area contributed by atoms with Gasteiger partial charge in [-0.05, 0) is 36.8 Å². The van der Waals surface area contributed by atoms with Crippen LogP contribution in [0.15, 0.2) is 42.5 Å². The van der Waals surface area contributed by atoms with Gasteiger partial charge in [0, 0.05) is 11.6 Å². The standard InChI is InChI=1S/C20H23Cl2N3O2/c1-2-3-10-24-17-6-4-5-7-18(17)25(20(24)23)12-15(26)13-27-19-9-8-14(21)11-16(19)22/h4-9,11,15,23,26H,2-3,10,12-13H2,1H3/t15-/m0/s1. The van der Waals surface area contributed by atoms with Crippen LogP contribution < -0.4 is 10.4 Å². The van der Waals surface area contributed by atoms with E-state index in [1.165, 1.54) is 0 Å². The highest BCUT2D eigenvalue weighted by molar-refractivity contribution is 6.35. The lowest BCUT2D eigenvalue weighted by Gasteiger charge is -2.14. The van der Waals surface area contributed by atoms with Gasteiger partial charge in [0.05, 0.1) is 22.6 Å². The van der Waals surface area contributed by atoms with Crippen molar-refractivity contribution in [1.29, 1.82) is 5.41 Å². The van der Waals surface area contributed by atoms with Crippen LogP contribution in [0, 0.1) is 5.41 Å². The van der Waals surface area contributed by atoms with E-state index < -0.39 is 6.10 Å². The first-order valence-electron chi connectivity index (χ1n) is 8.99. The van der Waals surface area contributed by atoms with Gasteiger partial charge >= 0.3 is 0 Å². The van der Waals surface area contributed by atoms with Crippen LogP contribution in [0.1, 0.15) is 19.8 Å². The molecule has 0 radical (unpaired) electrons. The Bertz CT molecular complexity index is 981. The SMILES string of the molecule is CCCCn1c(=N)n(C[C@H](O)COc2ccc(Cl)cc2Cl)c2ccccc21. The van der Waals surface area contributed by atoms with Gasteiger partial charge in [-0.3, -0.25) is 5.41 Å². The number of imidazole rings is 1. The quantitative estimate of drug-likeness (QED) is 0.578. The van der Waals surface area contributed by atoms with Crippen LogP contribution in [0.5, 0.6) is 5.75 Å². The fourth-order valence-electron chi connectivity index (χ4n) is 3.06. The molecule has 0 saturated carbocycles. The van der Waals surface area contributed by atoms with E-state index >= 15 is 0 Å². The summed E-state index contributed by atoms with van der Waals surface area (Å²) in [4.78, 5) is 0. The molecule has 1 aromatic heterocycles. The van der Waals surface area contributed by atoms with Crippen LogP contribution in [0.25, 0.3) is 11.0 Å². The van der Waals surface area contributed by atoms with Gasteiger partial charge in [0.1, 0.15) is 18.5 Å². The van der Waals surface area contributed by atoms with E-state index in [1.54, 1.807) is 18.2 Å². The number of unbranched alkanes of at least 4 members (excludes halogenated alkanes) is 1. The van der Waals surface area contributed by atoms with Crippen molar-refractivity contribution in [3.63, 3.8) is 0 Å². The fourth-order valence-corrected chi connectivity index (χ4v) is 3.53. The molecule has 1 atom stereocenters. The predicted molar refractivity (Wildman–Crippen MR) is 109 cm³/mol. The van der Waals surface area contributed by atoms with Crippen LogP contribution in [-0.2, 0) is 13.1 Å². The second-order valence-corrected chi connectivity index (χ2v) is 7.31. The molecule has 7 heteroatoms. The largest absolute Gasteiger partial charge is 0.489 e. The van der Waals surface area contributed by atoms with Gasteiger partial charge in [-0.25, -0.2) is 0 Å². The molecular formula is C20H23Cl2N3O2. The average molecular weight is 408 g/mol. The molecule has 0 spiro atoms. The molecular weight excluding hydrogens is 385 g/mol. The van der Waals surface area contributed by atoms with Crippen molar-refractivity contribution in [2.75, 3.05) is 6.61 Å². The lowest BCUT2D eigenvalue weighted by Crippen LogP contribution is -2.31. The number of halogens is 2. The van der Waals surface area contributed by atoms with Crippen molar-refractivity contribution in [1.82, 2.24) is 9.13 Å². The number of ether oxygens (including phenoxy) is 1. The van der Waals surface area contributed by atoms with Crippen LogP contribution in [0.3, 0.4) is 0 Å². The minimum Gasteiger partial charge on any atom is -0.489 e. The number of aromatic nitrogens is 2. The van der Waals surface area contributed by atoms with E-state index in [2.05, 4.69) is 6.92 Å². The Morgan fingerprint density at radius 1 is 1.11 bits per heavy atom. The minimum atomic E-state index is -0.781. The number of aliphatic hydroxyl groups excluding tert-OH is 1. The normalized spacial score (nSPS) is 12.4. The zero-order valence-corrected chi connectivity index (χ0v) is 16.7. The fraction of sp³-hybridized carbons (Fsp3) is 0.350. The third-order valence-corrected chi connectivity index (χ3v) is 4.96. The van der Waals surface area contributed by atoms with E-state index in [0.717, 1.165) is 30.4 Å². The molecule has 0 aliphatic heterocycles. The molecule has 5 nitrogen and oxygen atoms in total. The Labute approximate surface area is 168 Å². The topological polar surface area (TPSA) is 63.2 Å². The number of nitrogens with one attached hydrogen (secondary N) is 1. The Morgan fingerprint density at radius 2 is 1.81 bits per heavy atom. The van der Waals surface area contributed by atoms with E-state index in [-0.39, 0.29) is 13.2 Å². The maximum absolute atomic E-state index is 10.5. The van der Waals surface area contributed by atoms with Crippen LogP contribution in [0.4, 0.5) is 0 Å². The molecule has 1 heterocycles. The lowest BCUT2D eigenvalue weighted by molar-refractivity contribution is 0.0921. The number of fused-ring (bicyclic) bond motifs is 1. The number of nitrogens with zero attached hydrogens (tertiary/aromatic N) is 2. The zero-order valence-electron chi connectivity index (χ0n) is 15.2. The summed E-state index contributed by atoms with van der Waals surface area (Å²) in [6, 6.07) is 12.9. The van der Waals surface area contributed by atoms with Crippen LogP contribution in [-0.4, -0.2) is 27.0 Å². The molecule has 3 rings (SSSR count). The van der Waals surface area contributed by atoms with Crippen LogP contribution in [0.2, 0.25) is 10.0 Å². The van der Waals surface area contributed by atoms with Crippen molar-refractivity contribution in [3.05, 3.63) is 58.1 Å². The molecule has 2 N–H and O–H groups in total. The first-order valence-corrected chi connectivity index (χ1v) is 9.75. The number of aryl methyl sites for hydroxylation is 1. The summed E-state index contributed by atoms with van der Waals surface area (Å²) in [7, 11) is 0. The van der Waals surface area contributed by atoms with E-state index in [0.29, 0.717) is 21.4 Å². The van der Waals surface area contributed by atoms with Crippen LogP contribution >= 0.6 is 23.2 Å². The highest BCUT2D eigenvalue weighted by Gasteiger charge is 2.15. The molecule has 0 aliphatic carbocycles. The summed E-state index contributed by atoms with van der Waals surface area (Å²) in [5.74, 6) is 0.474. The highest BCUT2D eigenvalue weighted by Crippen LogP contribution is 2.27. The van der Waals surface area contributed by atoms with Gasteiger partial charge in [-0.2, -0.15) is 0 Å². The van der Waals surface area contributed by atoms with Gasteiger partial charge in [-0.15, -0.1) is 0 Å². The number of hydrogen-bond acceptors (Lipinski definition) is 3. The lowest BCUT2D eigenvalue weighted by atomic mass is 10.3. The van der Waals surface area contributed by atoms with Gasteiger partial charge < -0.3 is 19.0 Å². The molecule has 2 aromatic carbocycles. The summed E-state index contributed by atoms with van der Waals surface area (Å²) >= 11 is 12.0. The van der Waals surface area contributed by atoms with E-state index in [1.807, 2.05) is 33.4 Å². The summed E-state index contributed by atoms with van der Waals surface area (Å²) in [5, 5.41) is 19.9. The number of rotatable bonds is 8. The van der Waals surface area contributed by atoms with Gasteiger partial charge in [0.25, 0.3) is 0 Å². The van der Waals surface area contributed by atoms with Gasteiger partial charge in [0.2, 0.25) is 5.62 Å². The third kappa shape index (κ3) is 4.49. The molecule has 0 saturated heterocycles. The number of para-hydroxylation sites is 2. The summed E-state index contributed by atoms with van der Waals surface area (Å²) in [6.07, 6.45) is 1.28. The van der Waals surface area contributed by atoms with E-state index in [4.69, 9.17) is 33.3 Å². The Kier molecular flexibility index (Phi) is 6.47. The summed E-state index contributed by atoms with van der Waals surface area (Å²) in [6.45, 7) is 3.26. The smallest absolute Gasteiger partial charge is 0.203 e. The average Bonchev–Trinajstić information content (AvgIpc) is 2.91. The zero-order chi connectivity index (χ0) is 19.4. The maximum atomic E-state index is 10.5. The summed E-state index contributed by atoms with van der Waals surface area (Å²) in [5.41, 5.74) is 2.32. The number of benzene rings is 2. The molecule has 0 aliphatic rings. The Hall–Kier alpha value is -1.95. The van der Waals surface area contributed by atoms with Gasteiger partial charge in [0.15, 0.2) is 0 Å². The second kappa shape index (κ2) is 8.83. The molecule has 0 bridgehead atoms. The first kappa shape index (κ1) is 19.8. The Balaban J connectivity index is 1.77. The predicted octanol–water partition coefficient (Wildman–Crippen LogP) is 4.47. The molecule has 144 valence electrons. The molecule has 27 heavy (non-hydrogen) atoms. The molecule has 0 unspecified atom stereocenters. The summed E-state index contributed by atoms with van der Waals surface area (Å²) < 4.78 is 9.44. The number of aliphatic hydroxyl groups is 1. The Morgan fingerprint density at radius 3 is 2.48 bits per heavy atom. The van der Waals surface area contributed by atoms with Crippen molar-refractivity contribution < 1.29 is 9.84 Å². The maximum Gasteiger partial charge on any atom is 0.203 e. The van der Waals surface area contributed by atoms with Crippen molar-refractivity contribution in [2.24, 2.45) is 0 Å². The molecule has 0 amide bonds. The van der Waals surface area contributed by atoms with E-state index in [9.17, 15) is 5.11 Å². The van der Waals surface area contributed by atoms with Crippen molar-refractivity contribution in [3.8, 4) is 5.75 Å². The second-order valence-electron chi connectivity index (χ2n) is 6.47. The van der Waals surface area contributed by atoms with Gasteiger partial charge in [-0.1, -0.05) is 48.7 Å². The minimum absolute atomic E-state index is 0.0717. The third-order valence-electron chi connectivity index (χ3n) is 4.43. The molecule has 0 fully saturated rings. The first-order chi connectivity index (χ1) is 13.0. The molecule has 3 aromatic rings. The van der Waals surface area contributed by atoms with Crippen molar-refractivity contribution in [2.45, 2.75) is 39.0 Å². The number of hydrogen-bond donors (Lipinski definition) is 2. The highest BCUT2D eigenvalue weighted by atomic mass is 35.5.